The summed E-state index contributed by atoms with van der Waals surface area (Å²) in [6, 6.07) is 0. The molecule has 0 radical (unpaired) electrons. The quantitative estimate of drug-likeness (QED) is 0.316. The maximum Gasteiger partial charge on any atom is 0.306 e. The minimum atomic E-state index is -1.58. The molecule has 27 heavy (non-hydrogen) atoms. The number of carbonyl (C=O) groups is 2. The third-order valence-corrected chi connectivity index (χ3v) is 4.05. The molecule has 10 heteroatoms. The molecule has 1 fully saturated rings. The molecule has 6 atom stereocenters. The van der Waals surface area contributed by atoms with Crippen molar-refractivity contribution < 1.29 is 49.0 Å². The Hall–Kier alpha value is -1.30. The molecule has 4 N–H and O–H groups in total. The van der Waals surface area contributed by atoms with Crippen LogP contribution in [0.15, 0.2) is 0 Å². The highest BCUT2D eigenvalue weighted by Gasteiger charge is 2.44. The molecule has 0 saturated carbocycles. The van der Waals surface area contributed by atoms with Crippen LogP contribution in [0.1, 0.15) is 39.5 Å². The van der Waals surface area contributed by atoms with E-state index in [4.69, 9.17) is 18.9 Å². The largest absolute Gasteiger partial charge is 0.462 e. The molecular weight excluding hydrogens is 364 g/mol. The number of carbonyl (C=O) groups excluding carboxylic acids is 2. The molecule has 0 aliphatic carbocycles. The van der Waals surface area contributed by atoms with Gasteiger partial charge >= 0.3 is 11.9 Å². The average molecular weight is 394 g/mol. The second kappa shape index (κ2) is 12.2. The van der Waals surface area contributed by atoms with E-state index in [0.29, 0.717) is 6.42 Å². The lowest BCUT2D eigenvalue weighted by atomic mass is 9.99. The predicted molar refractivity (Wildman–Crippen MR) is 90.4 cm³/mol. The molecule has 0 amide bonds. The Morgan fingerprint density at radius 1 is 1.04 bits per heavy atom. The summed E-state index contributed by atoms with van der Waals surface area (Å²) in [7, 11) is 0. The van der Waals surface area contributed by atoms with E-state index in [0.717, 1.165) is 6.42 Å². The van der Waals surface area contributed by atoms with Crippen LogP contribution in [-0.2, 0) is 28.5 Å². The molecule has 0 aromatic carbocycles. The number of rotatable bonds is 11. The van der Waals surface area contributed by atoms with Crippen LogP contribution in [0.3, 0.4) is 0 Å². The van der Waals surface area contributed by atoms with Crippen molar-refractivity contribution in [2.24, 2.45) is 0 Å². The van der Waals surface area contributed by atoms with E-state index < -0.39 is 55.4 Å². The van der Waals surface area contributed by atoms with Gasteiger partial charge in [-0.15, -0.1) is 0 Å². The smallest absolute Gasteiger partial charge is 0.306 e. The molecule has 1 aliphatic heterocycles. The first-order valence-corrected chi connectivity index (χ1v) is 9.11. The van der Waals surface area contributed by atoms with Crippen LogP contribution in [0.4, 0.5) is 0 Å². The van der Waals surface area contributed by atoms with E-state index in [2.05, 4.69) is 0 Å². The Bertz CT molecular complexity index is 455. The van der Waals surface area contributed by atoms with Crippen molar-refractivity contribution in [2.75, 3.05) is 19.8 Å². The molecule has 10 nitrogen and oxygen atoms in total. The van der Waals surface area contributed by atoms with Gasteiger partial charge in [0.15, 0.2) is 12.4 Å². The first-order valence-electron chi connectivity index (χ1n) is 9.11. The third kappa shape index (κ3) is 7.68. The van der Waals surface area contributed by atoms with E-state index in [-0.39, 0.29) is 26.1 Å². The minimum absolute atomic E-state index is 0.157. The van der Waals surface area contributed by atoms with Gasteiger partial charge < -0.3 is 39.4 Å². The fraction of sp³-hybridized carbons (Fsp3) is 0.882. The zero-order valence-corrected chi connectivity index (χ0v) is 15.7. The minimum Gasteiger partial charge on any atom is -0.462 e. The van der Waals surface area contributed by atoms with E-state index in [1.54, 1.807) is 6.92 Å². The number of unbranched alkanes of at least 4 members (excludes halogenated alkanes) is 1. The van der Waals surface area contributed by atoms with Gasteiger partial charge in [0.2, 0.25) is 0 Å². The van der Waals surface area contributed by atoms with Gasteiger partial charge in [-0.3, -0.25) is 9.59 Å². The number of ether oxygens (including phenoxy) is 4. The Balaban J connectivity index is 2.64. The fourth-order valence-corrected chi connectivity index (χ4v) is 2.38. The van der Waals surface area contributed by atoms with Gasteiger partial charge in [-0.2, -0.15) is 0 Å². The Morgan fingerprint density at radius 2 is 1.74 bits per heavy atom. The predicted octanol–water partition coefficient (Wildman–Crippen LogP) is -1.14. The zero-order chi connectivity index (χ0) is 20.4. The summed E-state index contributed by atoms with van der Waals surface area (Å²) in [5.41, 5.74) is 0. The molecule has 6 unspecified atom stereocenters. The van der Waals surface area contributed by atoms with Crippen molar-refractivity contribution in [3.63, 3.8) is 0 Å². The van der Waals surface area contributed by atoms with Crippen molar-refractivity contribution in [3.8, 4) is 0 Å². The van der Waals surface area contributed by atoms with Crippen molar-refractivity contribution in [1.29, 1.82) is 0 Å². The monoisotopic (exact) mass is 394 g/mol. The van der Waals surface area contributed by atoms with Gasteiger partial charge in [-0.05, 0) is 6.42 Å². The summed E-state index contributed by atoms with van der Waals surface area (Å²) in [5, 5.41) is 38.6. The first kappa shape index (κ1) is 23.7. The van der Waals surface area contributed by atoms with E-state index >= 15 is 0 Å². The summed E-state index contributed by atoms with van der Waals surface area (Å²) in [5.74, 6) is -0.954. The topological polar surface area (TPSA) is 152 Å². The highest BCUT2D eigenvalue weighted by molar-refractivity contribution is 5.70. The third-order valence-electron chi connectivity index (χ3n) is 4.05. The fourth-order valence-electron chi connectivity index (χ4n) is 2.38. The molecule has 0 aromatic rings. The van der Waals surface area contributed by atoms with Crippen LogP contribution >= 0.6 is 0 Å². The van der Waals surface area contributed by atoms with Crippen LogP contribution in [-0.4, -0.2) is 89.0 Å². The van der Waals surface area contributed by atoms with Crippen LogP contribution in [0, 0.1) is 0 Å². The molecule has 1 aliphatic rings. The number of aliphatic hydroxyl groups excluding tert-OH is 4. The summed E-state index contributed by atoms with van der Waals surface area (Å²) < 4.78 is 20.8. The van der Waals surface area contributed by atoms with Gasteiger partial charge in [0.25, 0.3) is 0 Å². The number of hydrogen-bond acceptors (Lipinski definition) is 10. The number of hydrogen-bond donors (Lipinski definition) is 4. The molecule has 1 saturated heterocycles. The summed E-state index contributed by atoms with van der Waals surface area (Å²) in [4.78, 5) is 23.2. The molecule has 1 rings (SSSR count). The van der Waals surface area contributed by atoms with Gasteiger partial charge in [-0.1, -0.05) is 20.3 Å². The lowest BCUT2D eigenvalue weighted by Crippen LogP contribution is -2.59. The van der Waals surface area contributed by atoms with Crippen molar-refractivity contribution in [2.45, 2.75) is 76.3 Å². The normalized spacial score (nSPS) is 29.2. The summed E-state index contributed by atoms with van der Waals surface area (Å²) in [6.45, 7) is 2.44. The highest BCUT2D eigenvalue weighted by Crippen LogP contribution is 2.22. The van der Waals surface area contributed by atoms with Crippen LogP contribution < -0.4 is 0 Å². The van der Waals surface area contributed by atoms with Crippen LogP contribution in [0.5, 0.6) is 0 Å². The Morgan fingerprint density at radius 3 is 2.33 bits per heavy atom. The maximum absolute atomic E-state index is 11.8. The molecule has 1 heterocycles. The molecule has 158 valence electrons. The van der Waals surface area contributed by atoms with Gasteiger partial charge in [0.05, 0.1) is 13.2 Å². The average Bonchev–Trinajstić information content (AvgIpc) is 2.67. The van der Waals surface area contributed by atoms with Crippen molar-refractivity contribution in [1.82, 2.24) is 0 Å². The molecule has 0 aromatic heterocycles. The second-order valence-corrected chi connectivity index (χ2v) is 6.28. The molecular formula is C17H30O10. The molecule has 0 bridgehead atoms. The Kier molecular flexibility index (Phi) is 10.7. The first-order chi connectivity index (χ1) is 12.8. The number of aliphatic hydroxyl groups is 4. The van der Waals surface area contributed by atoms with E-state index in [1.165, 1.54) is 0 Å². The summed E-state index contributed by atoms with van der Waals surface area (Å²) >= 11 is 0. The SMILES string of the molecule is CCCCC(=O)OC(COC(=O)CC)COC1OC(CO)C(O)C(O)C1O. The standard InChI is InChI=1S/C17H30O10/c1-3-5-6-13(20)26-10(8-24-12(19)4-2)9-25-17-16(23)15(22)14(21)11(7-18)27-17/h10-11,14-18,21-23H,3-9H2,1-2H3. The lowest BCUT2D eigenvalue weighted by molar-refractivity contribution is -0.305. The number of esters is 2. The summed E-state index contributed by atoms with van der Waals surface area (Å²) in [6.07, 6.45) is -6.24. The van der Waals surface area contributed by atoms with Gasteiger partial charge in [-0.25, -0.2) is 0 Å². The molecule has 0 spiro atoms. The zero-order valence-electron chi connectivity index (χ0n) is 15.7. The van der Waals surface area contributed by atoms with E-state index in [9.17, 15) is 30.0 Å². The maximum atomic E-state index is 11.8. The Labute approximate surface area is 158 Å². The van der Waals surface area contributed by atoms with Crippen LogP contribution in [0.25, 0.3) is 0 Å². The lowest BCUT2D eigenvalue weighted by Gasteiger charge is -2.39. The van der Waals surface area contributed by atoms with Gasteiger partial charge in [0, 0.05) is 12.8 Å². The van der Waals surface area contributed by atoms with Crippen molar-refractivity contribution in [3.05, 3.63) is 0 Å². The highest BCUT2D eigenvalue weighted by atomic mass is 16.7. The second-order valence-electron chi connectivity index (χ2n) is 6.28. The van der Waals surface area contributed by atoms with Gasteiger partial charge in [0.1, 0.15) is 31.0 Å². The van der Waals surface area contributed by atoms with Crippen LogP contribution in [0.2, 0.25) is 0 Å². The van der Waals surface area contributed by atoms with Crippen molar-refractivity contribution >= 4 is 11.9 Å². The van der Waals surface area contributed by atoms with E-state index in [1.807, 2.05) is 6.92 Å².